The molecule has 0 aliphatic carbocycles. The molecule has 1 aromatic carbocycles. The number of esters is 2. The Morgan fingerprint density at radius 2 is 2.00 bits per heavy atom. The van der Waals surface area contributed by atoms with Gasteiger partial charge in [0.1, 0.15) is 0 Å². The lowest BCUT2D eigenvalue weighted by molar-refractivity contribution is -0.142. The first-order valence-electron chi connectivity index (χ1n) is 6.18. The number of hydrogen-bond donors (Lipinski definition) is 0. The largest absolute Gasteiger partial charge is 0.462 e. The molecule has 0 radical (unpaired) electrons. The average molecular weight is 262 g/mol. The zero-order valence-electron chi connectivity index (χ0n) is 11.0. The van der Waals surface area contributed by atoms with Crippen LogP contribution in [-0.4, -0.2) is 24.6 Å². The van der Waals surface area contributed by atoms with Crippen molar-refractivity contribution in [1.29, 1.82) is 0 Å². The predicted octanol–water partition coefficient (Wildman–Crippen LogP) is 2.74. The van der Waals surface area contributed by atoms with Crippen molar-refractivity contribution in [2.45, 2.75) is 25.9 Å². The van der Waals surface area contributed by atoms with E-state index in [4.69, 9.17) is 9.47 Å². The Balaban J connectivity index is 2.19. The van der Waals surface area contributed by atoms with E-state index in [1.165, 1.54) is 0 Å². The van der Waals surface area contributed by atoms with Crippen LogP contribution in [0.15, 0.2) is 43.0 Å². The second-order valence-electron chi connectivity index (χ2n) is 4.10. The minimum absolute atomic E-state index is 0.207. The first-order valence-corrected chi connectivity index (χ1v) is 6.18. The Kier molecular flexibility index (Phi) is 6.36. The van der Waals surface area contributed by atoms with Crippen LogP contribution >= 0.6 is 0 Å². The summed E-state index contributed by atoms with van der Waals surface area (Å²) in [4.78, 5) is 22.5. The topological polar surface area (TPSA) is 52.6 Å². The van der Waals surface area contributed by atoms with Crippen LogP contribution in [0.25, 0.3) is 0 Å². The lowest BCUT2D eigenvalue weighted by Crippen LogP contribution is -2.14. The standard InChI is InChI=1S/C15H18O4/c1-3-14(16)19-12(2)8-7-11-18-15(17)13-9-5-4-6-10-13/h3-6,9-10,12H,1,7-8,11H2,2H3. The van der Waals surface area contributed by atoms with Gasteiger partial charge >= 0.3 is 11.9 Å². The van der Waals surface area contributed by atoms with Crippen molar-refractivity contribution in [3.05, 3.63) is 48.6 Å². The van der Waals surface area contributed by atoms with Crippen LogP contribution in [0.4, 0.5) is 0 Å². The third-order valence-corrected chi connectivity index (χ3v) is 2.48. The summed E-state index contributed by atoms with van der Waals surface area (Å²) in [5.41, 5.74) is 0.536. The molecule has 0 saturated carbocycles. The van der Waals surface area contributed by atoms with E-state index in [9.17, 15) is 9.59 Å². The number of carbonyl (C=O) groups is 2. The van der Waals surface area contributed by atoms with E-state index in [2.05, 4.69) is 6.58 Å². The fourth-order valence-corrected chi connectivity index (χ4v) is 1.50. The van der Waals surface area contributed by atoms with Crippen LogP contribution in [0.5, 0.6) is 0 Å². The molecule has 0 aliphatic rings. The minimum atomic E-state index is -0.436. The molecule has 0 spiro atoms. The Hall–Kier alpha value is -2.10. The fourth-order valence-electron chi connectivity index (χ4n) is 1.50. The molecular formula is C15H18O4. The summed E-state index contributed by atoms with van der Waals surface area (Å²) in [6.45, 7) is 5.42. The number of rotatable bonds is 7. The molecule has 0 saturated heterocycles. The Bertz CT molecular complexity index is 425. The molecule has 0 N–H and O–H groups in total. The highest BCUT2D eigenvalue weighted by Gasteiger charge is 2.08. The van der Waals surface area contributed by atoms with Gasteiger partial charge in [-0.3, -0.25) is 0 Å². The number of benzene rings is 1. The van der Waals surface area contributed by atoms with Gasteiger partial charge in [-0.15, -0.1) is 0 Å². The predicted molar refractivity (Wildman–Crippen MR) is 71.7 cm³/mol. The maximum atomic E-state index is 11.6. The molecule has 1 rings (SSSR count). The van der Waals surface area contributed by atoms with Crippen molar-refractivity contribution in [3.63, 3.8) is 0 Å². The molecule has 102 valence electrons. The van der Waals surface area contributed by atoms with Gasteiger partial charge in [0.15, 0.2) is 0 Å². The van der Waals surface area contributed by atoms with Gasteiger partial charge < -0.3 is 9.47 Å². The molecule has 19 heavy (non-hydrogen) atoms. The van der Waals surface area contributed by atoms with Crippen LogP contribution in [0.1, 0.15) is 30.1 Å². The Morgan fingerprint density at radius 1 is 1.32 bits per heavy atom. The maximum absolute atomic E-state index is 11.6. The van der Waals surface area contributed by atoms with Crippen molar-refractivity contribution in [3.8, 4) is 0 Å². The summed E-state index contributed by atoms with van der Waals surface area (Å²) in [6, 6.07) is 8.82. The first-order chi connectivity index (χ1) is 9.13. The van der Waals surface area contributed by atoms with Gasteiger partial charge in [-0.05, 0) is 31.9 Å². The highest BCUT2D eigenvalue weighted by Crippen LogP contribution is 2.05. The van der Waals surface area contributed by atoms with Gasteiger partial charge in [-0.2, -0.15) is 0 Å². The Labute approximate surface area is 113 Å². The monoisotopic (exact) mass is 262 g/mol. The average Bonchev–Trinajstić information content (AvgIpc) is 2.44. The van der Waals surface area contributed by atoms with Crippen LogP contribution in [0, 0.1) is 0 Å². The summed E-state index contributed by atoms with van der Waals surface area (Å²) >= 11 is 0. The number of hydrogen-bond acceptors (Lipinski definition) is 4. The molecule has 4 nitrogen and oxygen atoms in total. The van der Waals surface area contributed by atoms with Crippen LogP contribution in [0.2, 0.25) is 0 Å². The summed E-state index contributed by atoms with van der Waals surface area (Å²) in [5.74, 6) is -0.773. The smallest absolute Gasteiger partial charge is 0.338 e. The zero-order chi connectivity index (χ0) is 14.1. The van der Waals surface area contributed by atoms with E-state index in [1.54, 1.807) is 31.2 Å². The quantitative estimate of drug-likeness (QED) is 0.431. The Morgan fingerprint density at radius 3 is 2.63 bits per heavy atom. The summed E-state index contributed by atoms with van der Waals surface area (Å²) in [6.07, 6.45) is 2.21. The third kappa shape index (κ3) is 5.86. The lowest BCUT2D eigenvalue weighted by Gasteiger charge is -2.11. The zero-order valence-corrected chi connectivity index (χ0v) is 11.0. The molecule has 1 unspecified atom stereocenters. The lowest BCUT2D eigenvalue weighted by atomic mass is 10.2. The van der Waals surface area contributed by atoms with Gasteiger partial charge in [0.25, 0.3) is 0 Å². The van der Waals surface area contributed by atoms with E-state index >= 15 is 0 Å². The van der Waals surface area contributed by atoms with E-state index in [0.717, 1.165) is 6.08 Å². The van der Waals surface area contributed by atoms with Gasteiger partial charge in [-0.1, -0.05) is 24.8 Å². The summed E-state index contributed by atoms with van der Waals surface area (Å²) < 4.78 is 10.1. The molecule has 4 heteroatoms. The van der Waals surface area contributed by atoms with Gasteiger partial charge in [0.05, 0.1) is 18.3 Å². The van der Waals surface area contributed by atoms with Crippen LogP contribution in [0.3, 0.4) is 0 Å². The number of carbonyl (C=O) groups excluding carboxylic acids is 2. The highest BCUT2D eigenvalue weighted by atomic mass is 16.5. The van der Waals surface area contributed by atoms with Crippen molar-refractivity contribution in [1.82, 2.24) is 0 Å². The van der Waals surface area contributed by atoms with Crippen LogP contribution in [-0.2, 0) is 14.3 Å². The van der Waals surface area contributed by atoms with E-state index < -0.39 is 5.97 Å². The first kappa shape index (κ1) is 15.0. The molecule has 1 atom stereocenters. The molecule has 0 aliphatic heterocycles. The molecule has 0 amide bonds. The summed E-state index contributed by atoms with van der Waals surface area (Å²) in [5, 5.41) is 0. The van der Waals surface area contributed by atoms with E-state index in [1.807, 2.05) is 6.07 Å². The van der Waals surface area contributed by atoms with E-state index in [0.29, 0.717) is 25.0 Å². The normalized spacial score (nSPS) is 11.4. The van der Waals surface area contributed by atoms with E-state index in [-0.39, 0.29) is 12.1 Å². The van der Waals surface area contributed by atoms with Crippen molar-refractivity contribution < 1.29 is 19.1 Å². The SMILES string of the molecule is C=CC(=O)OC(C)CCCOC(=O)c1ccccc1. The summed E-state index contributed by atoms with van der Waals surface area (Å²) in [7, 11) is 0. The second kappa shape index (κ2) is 8.08. The second-order valence-corrected chi connectivity index (χ2v) is 4.10. The fraction of sp³-hybridized carbons (Fsp3) is 0.333. The molecule has 0 aromatic heterocycles. The van der Waals surface area contributed by atoms with Crippen molar-refractivity contribution in [2.75, 3.05) is 6.61 Å². The van der Waals surface area contributed by atoms with Gasteiger partial charge in [-0.25, -0.2) is 9.59 Å². The molecule has 1 aromatic rings. The minimum Gasteiger partial charge on any atom is -0.462 e. The maximum Gasteiger partial charge on any atom is 0.338 e. The molecule has 0 fully saturated rings. The highest BCUT2D eigenvalue weighted by molar-refractivity contribution is 5.89. The van der Waals surface area contributed by atoms with Crippen LogP contribution < -0.4 is 0 Å². The molecule has 0 heterocycles. The molecule has 0 bridgehead atoms. The molecular weight excluding hydrogens is 244 g/mol. The van der Waals surface area contributed by atoms with Gasteiger partial charge in [0, 0.05) is 6.08 Å². The van der Waals surface area contributed by atoms with Crippen molar-refractivity contribution >= 4 is 11.9 Å². The van der Waals surface area contributed by atoms with Crippen molar-refractivity contribution in [2.24, 2.45) is 0 Å². The van der Waals surface area contributed by atoms with Gasteiger partial charge in [0.2, 0.25) is 0 Å². The number of ether oxygens (including phenoxy) is 2. The third-order valence-electron chi connectivity index (χ3n) is 2.48.